The maximum atomic E-state index is 14.3. The highest BCUT2D eigenvalue weighted by molar-refractivity contribution is 5.89. The van der Waals surface area contributed by atoms with Crippen LogP contribution in [0.4, 0.5) is 0 Å². The molecule has 1 N–H and O–H groups in total. The molecule has 7 heteroatoms. The van der Waals surface area contributed by atoms with E-state index in [1.165, 1.54) is 6.42 Å². The lowest BCUT2D eigenvalue weighted by Crippen LogP contribution is -2.55. The minimum Gasteiger partial charge on any atom is -0.375 e. The van der Waals surface area contributed by atoms with Crippen LogP contribution in [-0.2, 0) is 43.6 Å². The molecule has 2 fully saturated rings. The molecule has 0 aromatic heterocycles. The molecule has 238 valence electrons. The van der Waals surface area contributed by atoms with Gasteiger partial charge < -0.3 is 24.4 Å². The SMILES string of the molecule is C=CCCC(=O)N1[C@H](COCc2ccccc2)[C@@H](OCc2ccccc2)[C@@H](OCc2ccccc2)[C@H]1C(=O)NC1CCCCC1. The summed E-state index contributed by atoms with van der Waals surface area (Å²) in [7, 11) is 0. The largest absolute Gasteiger partial charge is 0.375 e. The van der Waals surface area contributed by atoms with Gasteiger partial charge in [0, 0.05) is 12.5 Å². The fourth-order valence-electron chi connectivity index (χ4n) is 6.40. The summed E-state index contributed by atoms with van der Waals surface area (Å²) in [5, 5.41) is 3.30. The van der Waals surface area contributed by atoms with Gasteiger partial charge in [-0.3, -0.25) is 9.59 Å². The van der Waals surface area contributed by atoms with E-state index in [2.05, 4.69) is 11.9 Å². The maximum absolute atomic E-state index is 14.3. The smallest absolute Gasteiger partial charge is 0.245 e. The Kier molecular flexibility index (Phi) is 12.4. The molecule has 0 unspecified atom stereocenters. The van der Waals surface area contributed by atoms with Crippen LogP contribution in [0.5, 0.6) is 0 Å². The van der Waals surface area contributed by atoms with Crippen molar-refractivity contribution < 1.29 is 23.8 Å². The number of rotatable bonds is 15. The number of likely N-dealkylation sites (tertiary alicyclic amines) is 1. The van der Waals surface area contributed by atoms with Crippen LogP contribution in [0, 0.1) is 0 Å². The summed E-state index contributed by atoms with van der Waals surface area (Å²) in [6.45, 7) is 5.01. The van der Waals surface area contributed by atoms with Crippen molar-refractivity contribution in [2.75, 3.05) is 6.61 Å². The molecule has 2 aliphatic rings. The third-order valence-electron chi connectivity index (χ3n) is 8.71. The minimum absolute atomic E-state index is 0.0863. The summed E-state index contributed by atoms with van der Waals surface area (Å²) in [6, 6.07) is 28.5. The first-order valence-corrected chi connectivity index (χ1v) is 16.3. The van der Waals surface area contributed by atoms with Gasteiger partial charge in [0.1, 0.15) is 18.2 Å². The van der Waals surface area contributed by atoms with Gasteiger partial charge in [-0.05, 0) is 36.0 Å². The molecule has 0 radical (unpaired) electrons. The molecule has 3 aromatic rings. The van der Waals surface area contributed by atoms with Crippen molar-refractivity contribution in [3.8, 4) is 0 Å². The van der Waals surface area contributed by atoms with Gasteiger partial charge >= 0.3 is 0 Å². The summed E-state index contributed by atoms with van der Waals surface area (Å²) in [6.07, 6.45) is 6.42. The molecular weight excluding hydrogens is 564 g/mol. The van der Waals surface area contributed by atoms with E-state index in [1.54, 1.807) is 11.0 Å². The quantitative estimate of drug-likeness (QED) is 0.203. The second-order valence-corrected chi connectivity index (χ2v) is 12.0. The van der Waals surface area contributed by atoms with E-state index in [0.29, 0.717) is 19.6 Å². The van der Waals surface area contributed by atoms with Crippen LogP contribution in [0.15, 0.2) is 104 Å². The number of nitrogens with one attached hydrogen (secondary N) is 1. The lowest BCUT2D eigenvalue weighted by atomic mass is 9.95. The molecule has 7 nitrogen and oxygen atoms in total. The lowest BCUT2D eigenvalue weighted by molar-refractivity contribution is -0.144. The molecular formula is C38H46N2O5. The molecule has 2 amide bonds. The number of hydrogen-bond donors (Lipinski definition) is 1. The lowest BCUT2D eigenvalue weighted by Gasteiger charge is -2.32. The highest BCUT2D eigenvalue weighted by Gasteiger charge is 2.55. The van der Waals surface area contributed by atoms with Gasteiger partial charge in [-0.25, -0.2) is 0 Å². The molecule has 3 aromatic carbocycles. The molecule has 1 saturated carbocycles. The fourth-order valence-corrected chi connectivity index (χ4v) is 6.40. The van der Waals surface area contributed by atoms with E-state index >= 15 is 0 Å². The number of hydrogen-bond acceptors (Lipinski definition) is 5. The summed E-state index contributed by atoms with van der Waals surface area (Å²) in [4.78, 5) is 30.0. The minimum atomic E-state index is -0.862. The first-order chi connectivity index (χ1) is 22.1. The van der Waals surface area contributed by atoms with Crippen molar-refractivity contribution >= 4 is 11.8 Å². The Hall–Kier alpha value is -3.78. The molecule has 1 aliphatic heterocycles. The van der Waals surface area contributed by atoms with Crippen LogP contribution >= 0.6 is 0 Å². The van der Waals surface area contributed by atoms with Crippen molar-refractivity contribution in [2.45, 2.75) is 95.1 Å². The molecule has 1 aliphatic carbocycles. The predicted molar refractivity (Wildman–Crippen MR) is 175 cm³/mol. The molecule has 45 heavy (non-hydrogen) atoms. The number of amides is 2. The zero-order chi connectivity index (χ0) is 31.3. The van der Waals surface area contributed by atoms with Crippen LogP contribution in [0.1, 0.15) is 61.6 Å². The molecule has 1 heterocycles. The van der Waals surface area contributed by atoms with E-state index in [1.807, 2.05) is 91.0 Å². The Morgan fingerprint density at radius 2 is 1.29 bits per heavy atom. The van der Waals surface area contributed by atoms with E-state index < -0.39 is 24.3 Å². The Morgan fingerprint density at radius 1 is 0.756 bits per heavy atom. The number of benzene rings is 3. The van der Waals surface area contributed by atoms with Crippen molar-refractivity contribution in [1.82, 2.24) is 10.2 Å². The number of ether oxygens (including phenoxy) is 3. The normalized spacial score (nSPS) is 21.8. The summed E-state index contributed by atoms with van der Waals surface area (Å²) >= 11 is 0. The van der Waals surface area contributed by atoms with E-state index in [4.69, 9.17) is 14.2 Å². The third kappa shape index (κ3) is 9.13. The fraction of sp³-hybridized carbons (Fsp3) is 0.421. The average molecular weight is 611 g/mol. The first kappa shape index (κ1) is 32.6. The van der Waals surface area contributed by atoms with E-state index in [9.17, 15) is 9.59 Å². The molecule has 0 bridgehead atoms. The van der Waals surface area contributed by atoms with Crippen molar-refractivity contribution in [3.05, 3.63) is 120 Å². The number of carbonyl (C=O) groups is 2. The number of allylic oxidation sites excluding steroid dienone is 1. The predicted octanol–water partition coefficient (Wildman–Crippen LogP) is 6.37. The van der Waals surface area contributed by atoms with Gasteiger partial charge in [0.2, 0.25) is 11.8 Å². The van der Waals surface area contributed by atoms with Gasteiger partial charge in [0.25, 0.3) is 0 Å². The van der Waals surface area contributed by atoms with Crippen molar-refractivity contribution in [2.24, 2.45) is 0 Å². The number of nitrogens with zero attached hydrogens (tertiary/aromatic N) is 1. The van der Waals surface area contributed by atoms with Crippen LogP contribution in [-0.4, -0.2) is 53.7 Å². The molecule has 4 atom stereocenters. The van der Waals surface area contributed by atoms with Crippen LogP contribution in [0.25, 0.3) is 0 Å². The zero-order valence-corrected chi connectivity index (χ0v) is 26.1. The van der Waals surface area contributed by atoms with Gasteiger partial charge in [-0.2, -0.15) is 0 Å². The zero-order valence-electron chi connectivity index (χ0n) is 26.1. The van der Waals surface area contributed by atoms with E-state index in [-0.39, 0.29) is 37.5 Å². The van der Waals surface area contributed by atoms with Crippen LogP contribution in [0.3, 0.4) is 0 Å². The maximum Gasteiger partial charge on any atom is 0.245 e. The first-order valence-electron chi connectivity index (χ1n) is 16.3. The van der Waals surface area contributed by atoms with Gasteiger partial charge in [-0.15, -0.1) is 6.58 Å². The Balaban J connectivity index is 1.47. The topological polar surface area (TPSA) is 77.1 Å². The van der Waals surface area contributed by atoms with Gasteiger partial charge in [0.05, 0.1) is 32.5 Å². The summed E-state index contributed by atoms with van der Waals surface area (Å²) in [5.74, 6) is -0.322. The highest BCUT2D eigenvalue weighted by Crippen LogP contribution is 2.34. The second kappa shape index (κ2) is 17.1. The Bertz CT molecular complexity index is 1330. The van der Waals surface area contributed by atoms with Gasteiger partial charge in [-0.1, -0.05) is 116 Å². The summed E-state index contributed by atoms with van der Waals surface area (Å²) < 4.78 is 19.6. The standard InChI is InChI=1S/C38H46N2O5/c1-2-3-24-34(41)40-33(28-43-25-29-16-8-4-9-17-29)36(44-26-30-18-10-5-11-19-30)37(45-27-31-20-12-6-13-21-31)35(40)38(42)39-32-22-14-7-15-23-32/h2,4-6,8-13,16-21,32-33,35-37H,1,3,7,14-15,22-28H2,(H,39,42)/t33-,35+,36-,37+/m1/s1. The number of carbonyl (C=O) groups excluding carboxylic acids is 2. The summed E-state index contributed by atoms with van der Waals surface area (Å²) in [5.41, 5.74) is 3.02. The average Bonchev–Trinajstić information content (AvgIpc) is 3.40. The van der Waals surface area contributed by atoms with Gasteiger partial charge in [0.15, 0.2) is 0 Å². The van der Waals surface area contributed by atoms with Crippen LogP contribution in [0.2, 0.25) is 0 Å². The molecule has 0 spiro atoms. The Labute approximate surface area is 267 Å². The molecule has 5 rings (SSSR count). The monoisotopic (exact) mass is 610 g/mol. The Morgan fingerprint density at radius 3 is 1.84 bits per heavy atom. The van der Waals surface area contributed by atoms with Crippen molar-refractivity contribution in [3.63, 3.8) is 0 Å². The van der Waals surface area contributed by atoms with E-state index in [0.717, 1.165) is 42.4 Å². The van der Waals surface area contributed by atoms with Crippen molar-refractivity contribution in [1.29, 1.82) is 0 Å². The molecule has 1 saturated heterocycles. The third-order valence-corrected chi connectivity index (χ3v) is 8.71. The second-order valence-electron chi connectivity index (χ2n) is 12.0. The highest BCUT2D eigenvalue weighted by atomic mass is 16.5. The van der Waals surface area contributed by atoms with Crippen LogP contribution < -0.4 is 5.32 Å².